The third-order valence-corrected chi connectivity index (χ3v) is 3.85. The van der Waals surface area contributed by atoms with Crippen LogP contribution in [0.1, 0.15) is 58.3 Å². The Balaban J connectivity index is 1.92. The van der Waals surface area contributed by atoms with Crippen molar-refractivity contribution >= 4 is 5.91 Å². The molecule has 0 aromatic carbocycles. The van der Waals surface area contributed by atoms with Crippen LogP contribution in [0, 0.1) is 11.8 Å². The Morgan fingerprint density at radius 1 is 1.41 bits per heavy atom. The molecule has 3 nitrogen and oxygen atoms in total. The molecule has 1 aliphatic carbocycles. The van der Waals surface area contributed by atoms with Gasteiger partial charge in [0.2, 0.25) is 5.91 Å². The van der Waals surface area contributed by atoms with Crippen LogP contribution < -0.4 is 11.1 Å². The van der Waals surface area contributed by atoms with Crippen LogP contribution in [-0.4, -0.2) is 19.0 Å². The lowest BCUT2D eigenvalue weighted by Gasteiger charge is -2.10. The van der Waals surface area contributed by atoms with Gasteiger partial charge in [0.15, 0.2) is 0 Å². The Bertz CT molecular complexity index is 212. The van der Waals surface area contributed by atoms with E-state index in [9.17, 15) is 4.79 Å². The van der Waals surface area contributed by atoms with Crippen molar-refractivity contribution in [3.8, 4) is 0 Å². The van der Waals surface area contributed by atoms with Crippen LogP contribution in [-0.2, 0) is 4.79 Å². The molecular formula is C14H28N2O. The van der Waals surface area contributed by atoms with E-state index in [4.69, 9.17) is 5.73 Å². The summed E-state index contributed by atoms with van der Waals surface area (Å²) in [6.45, 7) is 3.62. The lowest BCUT2D eigenvalue weighted by atomic mass is 10.0. The van der Waals surface area contributed by atoms with Crippen molar-refractivity contribution in [2.45, 2.75) is 58.3 Å². The van der Waals surface area contributed by atoms with Gasteiger partial charge in [-0.05, 0) is 37.6 Å². The predicted molar refractivity (Wildman–Crippen MR) is 71.7 cm³/mol. The lowest BCUT2D eigenvalue weighted by Crippen LogP contribution is -2.25. The molecule has 0 bridgehead atoms. The Hall–Kier alpha value is -0.570. The minimum Gasteiger partial charge on any atom is -0.356 e. The fraction of sp³-hybridized carbons (Fsp3) is 0.929. The first-order valence-electron chi connectivity index (χ1n) is 7.19. The standard InChI is InChI=1S/C14H28N2O/c1-12(11-15)8-9-14(17)16-10-4-7-13-5-2-3-6-13/h12-13H,2-11,15H2,1H3,(H,16,17). The molecule has 0 spiro atoms. The third-order valence-electron chi connectivity index (χ3n) is 3.85. The molecule has 0 radical (unpaired) electrons. The average molecular weight is 240 g/mol. The van der Waals surface area contributed by atoms with Gasteiger partial charge in [0, 0.05) is 13.0 Å². The maximum absolute atomic E-state index is 11.5. The number of hydrogen-bond donors (Lipinski definition) is 2. The summed E-state index contributed by atoms with van der Waals surface area (Å²) in [5.74, 6) is 1.58. The quantitative estimate of drug-likeness (QED) is 0.640. The summed E-state index contributed by atoms with van der Waals surface area (Å²) in [5, 5.41) is 3.01. The number of carbonyl (C=O) groups excluding carboxylic acids is 1. The van der Waals surface area contributed by atoms with Crippen molar-refractivity contribution in [2.24, 2.45) is 17.6 Å². The Labute approximate surface area is 106 Å². The van der Waals surface area contributed by atoms with E-state index in [1.165, 1.54) is 32.1 Å². The minimum absolute atomic E-state index is 0.191. The maximum atomic E-state index is 11.5. The van der Waals surface area contributed by atoms with Gasteiger partial charge in [0.25, 0.3) is 0 Å². The van der Waals surface area contributed by atoms with E-state index in [1.54, 1.807) is 0 Å². The highest BCUT2D eigenvalue weighted by atomic mass is 16.1. The highest BCUT2D eigenvalue weighted by Gasteiger charge is 2.14. The molecule has 1 rings (SSSR count). The number of nitrogens with two attached hydrogens (primary N) is 1. The van der Waals surface area contributed by atoms with E-state index >= 15 is 0 Å². The Morgan fingerprint density at radius 3 is 2.76 bits per heavy atom. The fourth-order valence-electron chi connectivity index (χ4n) is 2.50. The molecule has 3 N–H and O–H groups in total. The highest BCUT2D eigenvalue weighted by molar-refractivity contribution is 5.75. The summed E-state index contributed by atoms with van der Waals surface area (Å²) in [4.78, 5) is 11.5. The molecule has 0 aromatic rings. The first-order chi connectivity index (χ1) is 8.22. The van der Waals surface area contributed by atoms with Gasteiger partial charge >= 0.3 is 0 Å². The van der Waals surface area contributed by atoms with Crippen molar-refractivity contribution in [2.75, 3.05) is 13.1 Å². The van der Waals surface area contributed by atoms with Crippen molar-refractivity contribution in [3.05, 3.63) is 0 Å². The third kappa shape index (κ3) is 6.67. The average Bonchev–Trinajstić information content (AvgIpc) is 2.84. The molecule has 100 valence electrons. The summed E-state index contributed by atoms with van der Waals surface area (Å²) < 4.78 is 0. The van der Waals surface area contributed by atoms with Gasteiger partial charge in [-0.25, -0.2) is 0 Å². The van der Waals surface area contributed by atoms with Gasteiger partial charge < -0.3 is 11.1 Å². The van der Waals surface area contributed by atoms with Crippen LogP contribution in [0.3, 0.4) is 0 Å². The molecular weight excluding hydrogens is 212 g/mol. The number of rotatable bonds is 8. The number of carbonyl (C=O) groups is 1. The van der Waals surface area contributed by atoms with Gasteiger partial charge in [-0.1, -0.05) is 32.6 Å². The van der Waals surface area contributed by atoms with Crippen molar-refractivity contribution < 1.29 is 4.79 Å². The first kappa shape index (κ1) is 14.5. The van der Waals surface area contributed by atoms with E-state index in [0.29, 0.717) is 18.9 Å². The van der Waals surface area contributed by atoms with Crippen LogP contribution in [0.25, 0.3) is 0 Å². The van der Waals surface area contributed by atoms with Gasteiger partial charge in [-0.2, -0.15) is 0 Å². The zero-order valence-corrected chi connectivity index (χ0v) is 11.2. The molecule has 1 atom stereocenters. The smallest absolute Gasteiger partial charge is 0.220 e. The van der Waals surface area contributed by atoms with E-state index < -0.39 is 0 Å². The van der Waals surface area contributed by atoms with Crippen molar-refractivity contribution in [3.63, 3.8) is 0 Å². The summed E-state index contributed by atoms with van der Waals surface area (Å²) in [5.41, 5.74) is 5.52. The molecule has 1 saturated carbocycles. The number of amides is 1. The minimum atomic E-state index is 0.191. The number of nitrogens with one attached hydrogen (secondary N) is 1. The van der Waals surface area contributed by atoms with Crippen LogP contribution >= 0.6 is 0 Å². The van der Waals surface area contributed by atoms with Gasteiger partial charge in [0.1, 0.15) is 0 Å². The van der Waals surface area contributed by atoms with Crippen molar-refractivity contribution in [1.82, 2.24) is 5.32 Å². The SMILES string of the molecule is CC(CN)CCC(=O)NCCCC1CCCC1. The summed E-state index contributed by atoms with van der Waals surface area (Å²) in [6, 6.07) is 0. The lowest BCUT2D eigenvalue weighted by molar-refractivity contribution is -0.121. The molecule has 0 aliphatic heterocycles. The van der Waals surface area contributed by atoms with Crippen LogP contribution in [0.5, 0.6) is 0 Å². The topological polar surface area (TPSA) is 55.1 Å². The molecule has 1 unspecified atom stereocenters. The molecule has 1 amide bonds. The fourth-order valence-corrected chi connectivity index (χ4v) is 2.50. The molecule has 0 aromatic heterocycles. The molecule has 0 heterocycles. The summed E-state index contributed by atoms with van der Waals surface area (Å²) in [7, 11) is 0. The Kier molecular flexibility index (Phi) is 7.25. The molecule has 1 aliphatic rings. The van der Waals surface area contributed by atoms with Gasteiger partial charge in [-0.15, -0.1) is 0 Å². The summed E-state index contributed by atoms with van der Waals surface area (Å²) in [6.07, 6.45) is 9.60. The zero-order valence-electron chi connectivity index (χ0n) is 11.2. The predicted octanol–water partition coefficient (Wildman–Crippen LogP) is 2.45. The van der Waals surface area contributed by atoms with Crippen LogP contribution in [0.4, 0.5) is 0 Å². The molecule has 1 fully saturated rings. The zero-order chi connectivity index (χ0) is 12.5. The Morgan fingerprint density at radius 2 is 2.12 bits per heavy atom. The maximum Gasteiger partial charge on any atom is 0.220 e. The second-order valence-electron chi connectivity index (χ2n) is 5.52. The van der Waals surface area contributed by atoms with Crippen LogP contribution in [0.2, 0.25) is 0 Å². The molecule has 17 heavy (non-hydrogen) atoms. The number of hydrogen-bond acceptors (Lipinski definition) is 2. The van der Waals surface area contributed by atoms with Gasteiger partial charge in [-0.3, -0.25) is 4.79 Å². The van der Waals surface area contributed by atoms with E-state index in [0.717, 1.165) is 25.3 Å². The van der Waals surface area contributed by atoms with E-state index in [2.05, 4.69) is 12.2 Å². The van der Waals surface area contributed by atoms with E-state index in [1.807, 2.05) is 0 Å². The molecule has 3 heteroatoms. The first-order valence-corrected chi connectivity index (χ1v) is 7.19. The second-order valence-corrected chi connectivity index (χ2v) is 5.52. The summed E-state index contributed by atoms with van der Waals surface area (Å²) >= 11 is 0. The van der Waals surface area contributed by atoms with E-state index in [-0.39, 0.29) is 5.91 Å². The largest absolute Gasteiger partial charge is 0.356 e. The second kappa shape index (κ2) is 8.51. The normalized spacial score (nSPS) is 18.2. The monoisotopic (exact) mass is 240 g/mol. The molecule has 0 saturated heterocycles. The van der Waals surface area contributed by atoms with Crippen molar-refractivity contribution in [1.29, 1.82) is 0 Å². The van der Waals surface area contributed by atoms with Gasteiger partial charge in [0.05, 0.1) is 0 Å². The highest BCUT2D eigenvalue weighted by Crippen LogP contribution is 2.28. The van der Waals surface area contributed by atoms with Crippen LogP contribution in [0.15, 0.2) is 0 Å².